The van der Waals surface area contributed by atoms with E-state index < -0.39 is 6.10 Å². The minimum atomic E-state index is -0.812. The van der Waals surface area contributed by atoms with Crippen LogP contribution in [0.2, 0.25) is 5.02 Å². The fraction of sp³-hybridized carbons (Fsp3) is 0.222. The number of halogens is 1. The van der Waals surface area contributed by atoms with Crippen molar-refractivity contribution in [3.05, 3.63) is 64.6 Å². The molecule has 0 saturated heterocycles. The number of aliphatic hydroxyl groups excluding tert-OH is 1. The average molecular weight is 360 g/mol. The van der Waals surface area contributed by atoms with Crippen molar-refractivity contribution in [2.45, 2.75) is 13.0 Å². The van der Waals surface area contributed by atoms with Crippen LogP contribution in [0.4, 0.5) is 0 Å². The highest BCUT2D eigenvalue weighted by atomic mass is 35.5. The maximum Gasteiger partial charge on any atom is 0.257 e. The third-order valence-electron chi connectivity index (χ3n) is 4.00. The van der Waals surface area contributed by atoms with Gasteiger partial charge in [0.1, 0.15) is 23.1 Å². The van der Waals surface area contributed by atoms with Gasteiger partial charge in [0.2, 0.25) is 0 Å². The van der Waals surface area contributed by atoms with Gasteiger partial charge in [0.25, 0.3) is 5.91 Å². The number of aromatic nitrogens is 2. The second-order valence-corrected chi connectivity index (χ2v) is 6.12. The molecule has 0 bridgehead atoms. The second-order valence-electron chi connectivity index (χ2n) is 5.71. The Morgan fingerprint density at radius 2 is 2.12 bits per heavy atom. The van der Waals surface area contributed by atoms with E-state index in [2.05, 4.69) is 10.5 Å². The van der Waals surface area contributed by atoms with Gasteiger partial charge < -0.3 is 19.5 Å². The van der Waals surface area contributed by atoms with Crippen LogP contribution in [0.5, 0.6) is 0 Å². The Bertz CT molecular complexity index is 901. The predicted octanol–water partition coefficient (Wildman–Crippen LogP) is 3.11. The first kappa shape index (κ1) is 17.3. The lowest BCUT2D eigenvalue weighted by atomic mass is 10.1. The van der Waals surface area contributed by atoms with Crippen molar-refractivity contribution in [2.75, 3.05) is 6.54 Å². The van der Waals surface area contributed by atoms with Crippen molar-refractivity contribution in [1.29, 1.82) is 0 Å². The Labute approximate surface area is 150 Å². The van der Waals surface area contributed by atoms with Gasteiger partial charge in [0, 0.05) is 31.0 Å². The van der Waals surface area contributed by atoms with Crippen molar-refractivity contribution in [3.63, 3.8) is 0 Å². The van der Waals surface area contributed by atoms with Crippen molar-refractivity contribution < 1.29 is 14.4 Å². The van der Waals surface area contributed by atoms with Crippen LogP contribution in [0.1, 0.15) is 27.9 Å². The average Bonchev–Trinajstić information content (AvgIpc) is 3.18. The molecular formula is C18H18ClN3O3. The van der Waals surface area contributed by atoms with E-state index in [0.29, 0.717) is 33.3 Å². The van der Waals surface area contributed by atoms with E-state index in [1.807, 2.05) is 25.4 Å². The molecule has 130 valence electrons. The Morgan fingerprint density at radius 1 is 1.36 bits per heavy atom. The monoisotopic (exact) mass is 359 g/mol. The zero-order valence-corrected chi connectivity index (χ0v) is 14.6. The molecule has 2 heterocycles. The fourth-order valence-corrected chi connectivity index (χ4v) is 2.90. The van der Waals surface area contributed by atoms with E-state index in [0.717, 1.165) is 0 Å². The second kappa shape index (κ2) is 7.13. The van der Waals surface area contributed by atoms with Gasteiger partial charge in [-0.2, -0.15) is 0 Å². The Hall–Kier alpha value is -2.57. The number of carbonyl (C=O) groups is 1. The third-order valence-corrected chi connectivity index (χ3v) is 4.33. The smallest absolute Gasteiger partial charge is 0.257 e. The number of hydrogen-bond acceptors (Lipinski definition) is 4. The van der Waals surface area contributed by atoms with Gasteiger partial charge >= 0.3 is 0 Å². The van der Waals surface area contributed by atoms with Gasteiger partial charge in [-0.25, -0.2) is 0 Å². The Morgan fingerprint density at radius 3 is 2.80 bits per heavy atom. The van der Waals surface area contributed by atoms with Crippen LogP contribution in [-0.2, 0) is 7.05 Å². The predicted molar refractivity (Wildman–Crippen MR) is 94.4 cm³/mol. The molecule has 1 atom stereocenters. The lowest BCUT2D eigenvalue weighted by Crippen LogP contribution is -2.29. The van der Waals surface area contributed by atoms with E-state index >= 15 is 0 Å². The van der Waals surface area contributed by atoms with Crippen molar-refractivity contribution >= 4 is 17.5 Å². The highest BCUT2D eigenvalue weighted by Crippen LogP contribution is 2.30. The summed E-state index contributed by atoms with van der Waals surface area (Å²) in [6.07, 6.45) is 1.02. The summed E-state index contributed by atoms with van der Waals surface area (Å²) in [6.45, 7) is 1.74. The van der Waals surface area contributed by atoms with E-state index in [-0.39, 0.29) is 12.5 Å². The molecule has 0 aliphatic heterocycles. The molecule has 0 radical (unpaired) electrons. The Balaban J connectivity index is 1.80. The lowest BCUT2D eigenvalue weighted by molar-refractivity contribution is 0.0911. The summed E-state index contributed by atoms with van der Waals surface area (Å²) in [7, 11) is 1.83. The van der Waals surface area contributed by atoms with Crippen LogP contribution in [0.15, 0.2) is 47.1 Å². The largest absolute Gasteiger partial charge is 0.385 e. The summed E-state index contributed by atoms with van der Waals surface area (Å²) in [5, 5.41) is 17.4. The summed E-state index contributed by atoms with van der Waals surface area (Å²) < 4.78 is 6.99. The van der Waals surface area contributed by atoms with Crippen LogP contribution in [0.3, 0.4) is 0 Å². The molecule has 0 aliphatic carbocycles. The fourth-order valence-electron chi connectivity index (χ4n) is 2.68. The molecule has 0 spiro atoms. The molecule has 0 fully saturated rings. The number of aliphatic hydroxyl groups is 1. The minimum absolute atomic E-state index is 0.0727. The first-order valence-electron chi connectivity index (χ1n) is 7.77. The highest BCUT2D eigenvalue weighted by Gasteiger charge is 2.23. The quantitative estimate of drug-likeness (QED) is 0.733. The molecule has 0 aliphatic rings. The van der Waals surface area contributed by atoms with Gasteiger partial charge in [0.05, 0.1) is 5.02 Å². The highest BCUT2D eigenvalue weighted by molar-refractivity contribution is 6.33. The number of benzene rings is 1. The first-order valence-corrected chi connectivity index (χ1v) is 8.15. The SMILES string of the molecule is Cc1onc(-c2ccccc2Cl)c1C(=O)NC[C@H](O)c1cccn1C. The molecule has 6 nitrogen and oxygen atoms in total. The zero-order chi connectivity index (χ0) is 18.0. The van der Waals surface area contributed by atoms with Gasteiger partial charge in [-0.1, -0.05) is 35.0 Å². The number of aryl methyl sites for hydroxylation is 2. The summed E-state index contributed by atoms with van der Waals surface area (Å²) in [5.41, 5.74) is 2.03. The van der Waals surface area contributed by atoms with E-state index in [9.17, 15) is 9.90 Å². The number of nitrogens with one attached hydrogen (secondary N) is 1. The standard InChI is InChI=1S/C18H18ClN3O3/c1-11-16(17(21-25-11)12-6-3-4-7-13(12)19)18(24)20-10-15(23)14-8-5-9-22(14)2/h3-9,15,23H,10H2,1-2H3,(H,20,24)/t15-/m0/s1. The molecular weight excluding hydrogens is 342 g/mol. The first-order chi connectivity index (χ1) is 12.0. The van der Waals surface area contributed by atoms with Gasteiger partial charge in [-0.05, 0) is 25.1 Å². The van der Waals surface area contributed by atoms with Crippen LogP contribution in [0, 0.1) is 6.92 Å². The van der Waals surface area contributed by atoms with Crippen molar-refractivity contribution in [3.8, 4) is 11.3 Å². The molecule has 0 unspecified atom stereocenters. The van der Waals surface area contributed by atoms with Crippen LogP contribution < -0.4 is 5.32 Å². The van der Waals surface area contributed by atoms with Crippen LogP contribution >= 0.6 is 11.6 Å². The lowest BCUT2D eigenvalue weighted by Gasteiger charge is -2.13. The molecule has 2 N–H and O–H groups in total. The van der Waals surface area contributed by atoms with E-state index in [1.54, 1.807) is 35.8 Å². The maximum atomic E-state index is 12.6. The topological polar surface area (TPSA) is 80.3 Å². The molecule has 1 aromatic carbocycles. The minimum Gasteiger partial charge on any atom is -0.385 e. The van der Waals surface area contributed by atoms with Crippen LogP contribution in [0.25, 0.3) is 11.3 Å². The molecule has 3 rings (SSSR count). The normalized spacial score (nSPS) is 12.2. The number of carbonyl (C=O) groups excluding carboxylic acids is 1. The summed E-state index contributed by atoms with van der Waals surface area (Å²) in [5.74, 6) is 0.0164. The van der Waals surface area contributed by atoms with E-state index in [4.69, 9.17) is 16.1 Å². The summed E-state index contributed by atoms with van der Waals surface area (Å²) >= 11 is 6.20. The molecule has 2 aromatic heterocycles. The number of nitrogens with zero attached hydrogens (tertiary/aromatic N) is 2. The molecule has 7 heteroatoms. The van der Waals surface area contributed by atoms with E-state index in [1.165, 1.54) is 0 Å². The van der Waals surface area contributed by atoms with Crippen LogP contribution in [-0.4, -0.2) is 27.3 Å². The van der Waals surface area contributed by atoms with Gasteiger partial charge in [0.15, 0.2) is 0 Å². The summed E-state index contributed by atoms with van der Waals surface area (Å²) in [4.78, 5) is 12.6. The molecule has 3 aromatic rings. The van der Waals surface area contributed by atoms with Crippen molar-refractivity contribution in [1.82, 2.24) is 15.0 Å². The van der Waals surface area contributed by atoms with Gasteiger partial charge in [-0.3, -0.25) is 4.79 Å². The maximum absolute atomic E-state index is 12.6. The molecule has 0 saturated carbocycles. The summed E-state index contributed by atoms with van der Waals surface area (Å²) in [6, 6.07) is 10.7. The van der Waals surface area contributed by atoms with Gasteiger partial charge in [-0.15, -0.1) is 0 Å². The number of amides is 1. The van der Waals surface area contributed by atoms with Crippen molar-refractivity contribution in [2.24, 2.45) is 7.05 Å². The number of hydrogen-bond donors (Lipinski definition) is 2. The third kappa shape index (κ3) is 3.45. The zero-order valence-electron chi connectivity index (χ0n) is 13.9. The molecule has 25 heavy (non-hydrogen) atoms. The molecule has 1 amide bonds. The number of rotatable bonds is 5. The Kier molecular flexibility index (Phi) is 4.92.